The van der Waals surface area contributed by atoms with Crippen LogP contribution in [0.2, 0.25) is 0 Å². The zero-order chi connectivity index (χ0) is 16.1. The Balaban J connectivity index is 1.50. The molecule has 0 atom stereocenters. The van der Waals surface area contributed by atoms with Crippen LogP contribution in [0, 0.1) is 0 Å². The molecular weight excluding hydrogens is 292 g/mol. The standard InChI is InChI=1S/C18H20N2O3/c19-15-4-2-1-3-14(15)6-8-18(21)20-12-13-5-7-16-17(11-13)23-10-9-22-16/h1-5,7,11H,6,8-10,12,19H2,(H,20,21). The predicted molar refractivity (Wildman–Crippen MR) is 88.5 cm³/mol. The second-order valence-electron chi connectivity index (χ2n) is 5.45. The number of rotatable bonds is 5. The first-order valence-corrected chi connectivity index (χ1v) is 7.71. The van der Waals surface area contributed by atoms with Gasteiger partial charge in [0.25, 0.3) is 0 Å². The summed E-state index contributed by atoms with van der Waals surface area (Å²) in [7, 11) is 0. The van der Waals surface area contributed by atoms with E-state index in [2.05, 4.69) is 5.32 Å². The number of carbonyl (C=O) groups is 1. The van der Waals surface area contributed by atoms with Gasteiger partial charge in [-0.3, -0.25) is 4.79 Å². The summed E-state index contributed by atoms with van der Waals surface area (Å²) in [4.78, 5) is 12.0. The molecule has 1 amide bonds. The van der Waals surface area contributed by atoms with Gasteiger partial charge in [-0.1, -0.05) is 24.3 Å². The van der Waals surface area contributed by atoms with Crippen LogP contribution in [0.1, 0.15) is 17.5 Å². The van der Waals surface area contributed by atoms with Crippen LogP contribution in [0.25, 0.3) is 0 Å². The molecule has 3 rings (SSSR count). The average molecular weight is 312 g/mol. The smallest absolute Gasteiger partial charge is 0.220 e. The molecule has 5 heteroatoms. The first-order valence-electron chi connectivity index (χ1n) is 7.71. The number of fused-ring (bicyclic) bond motifs is 1. The minimum atomic E-state index is 0.00291. The molecule has 1 heterocycles. The van der Waals surface area contributed by atoms with Gasteiger partial charge in [0, 0.05) is 18.7 Å². The lowest BCUT2D eigenvalue weighted by Gasteiger charge is -2.19. The second-order valence-corrected chi connectivity index (χ2v) is 5.45. The molecular formula is C18H20N2O3. The van der Waals surface area contributed by atoms with E-state index in [1.165, 1.54) is 0 Å². The lowest BCUT2D eigenvalue weighted by Crippen LogP contribution is -2.23. The van der Waals surface area contributed by atoms with Crippen LogP contribution in [0.5, 0.6) is 11.5 Å². The Kier molecular flexibility index (Phi) is 4.66. The van der Waals surface area contributed by atoms with E-state index in [9.17, 15) is 4.79 Å². The van der Waals surface area contributed by atoms with Crippen molar-refractivity contribution < 1.29 is 14.3 Å². The molecule has 120 valence electrons. The molecule has 0 aromatic heterocycles. The van der Waals surface area contributed by atoms with Crippen molar-refractivity contribution in [3.63, 3.8) is 0 Å². The summed E-state index contributed by atoms with van der Waals surface area (Å²) >= 11 is 0. The highest BCUT2D eigenvalue weighted by molar-refractivity contribution is 5.76. The average Bonchev–Trinajstić information content (AvgIpc) is 2.59. The van der Waals surface area contributed by atoms with Gasteiger partial charge < -0.3 is 20.5 Å². The number of anilines is 1. The number of aryl methyl sites for hydroxylation is 1. The number of nitrogen functional groups attached to an aromatic ring is 1. The number of para-hydroxylation sites is 1. The summed E-state index contributed by atoms with van der Waals surface area (Å²) in [5, 5.41) is 2.92. The van der Waals surface area contributed by atoms with E-state index < -0.39 is 0 Å². The van der Waals surface area contributed by atoms with Crippen molar-refractivity contribution in [3.8, 4) is 11.5 Å². The number of amides is 1. The molecule has 0 saturated heterocycles. The van der Waals surface area contributed by atoms with Crippen LogP contribution in [-0.4, -0.2) is 19.1 Å². The maximum Gasteiger partial charge on any atom is 0.220 e. The molecule has 23 heavy (non-hydrogen) atoms. The highest BCUT2D eigenvalue weighted by Gasteiger charge is 2.12. The Morgan fingerprint density at radius 2 is 1.87 bits per heavy atom. The van der Waals surface area contributed by atoms with Gasteiger partial charge in [0.2, 0.25) is 5.91 Å². The molecule has 2 aromatic carbocycles. The Bertz CT molecular complexity index is 700. The monoisotopic (exact) mass is 312 g/mol. The highest BCUT2D eigenvalue weighted by atomic mass is 16.6. The summed E-state index contributed by atoms with van der Waals surface area (Å²) < 4.78 is 11.0. The number of hydrogen-bond acceptors (Lipinski definition) is 4. The minimum Gasteiger partial charge on any atom is -0.486 e. The first-order chi connectivity index (χ1) is 11.2. The van der Waals surface area contributed by atoms with Crippen molar-refractivity contribution in [3.05, 3.63) is 53.6 Å². The summed E-state index contributed by atoms with van der Waals surface area (Å²) in [6, 6.07) is 13.3. The van der Waals surface area contributed by atoms with Gasteiger partial charge in [0.1, 0.15) is 13.2 Å². The largest absolute Gasteiger partial charge is 0.486 e. The molecule has 5 nitrogen and oxygen atoms in total. The van der Waals surface area contributed by atoms with Crippen LogP contribution in [0.4, 0.5) is 5.69 Å². The molecule has 0 spiro atoms. The van der Waals surface area contributed by atoms with Crippen LogP contribution in [0.3, 0.4) is 0 Å². The molecule has 0 aliphatic carbocycles. The quantitative estimate of drug-likeness (QED) is 0.831. The SMILES string of the molecule is Nc1ccccc1CCC(=O)NCc1ccc2c(c1)OCCO2. The number of carbonyl (C=O) groups excluding carboxylic acids is 1. The fraction of sp³-hybridized carbons (Fsp3) is 0.278. The normalized spacial score (nSPS) is 12.7. The Morgan fingerprint density at radius 1 is 1.09 bits per heavy atom. The van der Waals surface area contributed by atoms with Crippen LogP contribution >= 0.6 is 0 Å². The van der Waals surface area contributed by atoms with E-state index in [0.717, 1.165) is 28.3 Å². The number of benzene rings is 2. The van der Waals surface area contributed by atoms with Gasteiger partial charge in [-0.15, -0.1) is 0 Å². The lowest BCUT2D eigenvalue weighted by atomic mass is 10.1. The van der Waals surface area contributed by atoms with Crippen molar-refractivity contribution in [2.45, 2.75) is 19.4 Å². The molecule has 3 N–H and O–H groups in total. The van der Waals surface area contributed by atoms with Crippen LogP contribution in [-0.2, 0) is 17.8 Å². The second kappa shape index (κ2) is 7.05. The highest BCUT2D eigenvalue weighted by Crippen LogP contribution is 2.30. The third kappa shape index (κ3) is 3.94. The molecule has 0 fully saturated rings. The predicted octanol–water partition coefficient (Wildman–Crippen LogP) is 2.29. The van der Waals surface area contributed by atoms with Gasteiger partial charge in [0.05, 0.1) is 0 Å². The van der Waals surface area contributed by atoms with Crippen molar-refractivity contribution in [1.29, 1.82) is 0 Å². The Morgan fingerprint density at radius 3 is 2.70 bits per heavy atom. The summed E-state index contributed by atoms with van der Waals surface area (Å²) in [5.74, 6) is 1.49. The minimum absolute atomic E-state index is 0.00291. The van der Waals surface area contributed by atoms with Gasteiger partial charge in [-0.2, -0.15) is 0 Å². The molecule has 1 aliphatic heterocycles. The maximum atomic E-state index is 12.0. The Labute approximate surface area is 135 Å². The molecule has 0 bridgehead atoms. The van der Waals surface area contributed by atoms with Crippen molar-refractivity contribution >= 4 is 11.6 Å². The fourth-order valence-corrected chi connectivity index (χ4v) is 2.50. The number of nitrogens with one attached hydrogen (secondary N) is 1. The molecule has 0 saturated carbocycles. The van der Waals surface area contributed by atoms with Crippen molar-refractivity contribution in [2.75, 3.05) is 18.9 Å². The zero-order valence-electron chi connectivity index (χ0n) is 12.9. The van der Waals surface area contributed by atoms with Crippen LogP contribution in [0.15, 0.2) is 42.5 Å². The summed E-state index contributed by atoms with van der Waals surface area (Å²) in [6.45, 7) is 1.60. The van der Waals surface area contributed by atoms with E-state index in [1.54, 1.807) is 0 Å². The number of nitrogens with two attached hydrogens (primary N) is 1. The fourth-order valence-electron chi connectivity index (χ4n) is 2.50. The van der Waals surface area contributed by atoms with E-state index in [1.807, 2.05) is 42.5 Å². The zero-order valence-corrected chi connectivity index (χ0v) is 12.9. The summed E-state index contributed by atoms with van der Waals surface area (Å²) in [6.07, 6.45) is 1.05. The van der Waals surface area contributed by atoms with Gasteiger partial charge in [-0.25, -0.2) is 0 Å². The number of ether oxygens (including phenoxy) is 2. The topological polar surface area (TPSA) is 73.6 Å². The molecule has 1 aliphatic rings. The van der Waals surface area contributed by atoms with E-state index >= 15 is 0 Å². The third-order valence-corrected chi connectivity index (χ3v) is 3.77. The van der Waals surface area contributed by atoms with E-state index in [-0.39, 0.29) is 5.91 Å². The maximum absolute atomic E-state index is 12.0. The lowest BCUT2D eigenvalue weighted by molar-refractivity contribution is -0.121. The van der Waals surface area contributed by atoms with Crippen molar-refractivity contribution in [1.82, 2.24) is 5.32 Å². The third-order valence-electron chi connectivity index (χ3n) is 3.77. The number of hydrogen-bond donors (Lipinski definition) is 2. The first kappa shape index (κ1) is 15.2. The van der Waals surface area contributed by atoms with Gasteiger partial charge in [0.15, 0.2) is 11.5 Å². The van der Waals surface area contributed by atoms with Gasteiger partial charge >= 0.3 is 0 Å². The molecule has 0 unspecified atom stereocenters. The van der Waals surface area contributed by atoms with E-state index in [4.69, 9.17) is 15.2 Å². The molecule has 0 radical (unpaired) electrons. The summed E-state index contributed by atoms with van der Waals surface area (Å²) in [5.41, 5.74) is 8.60. The van der Waals surface area contributed by atoms with Crippen LogP contribution < -0.4 is 20.5 Å². The van der Waals surface area contributed by atoms with E-state index in [0.29, 0.717) is 32.6 Å². The molecule has 2 aromatic rings. The van der Waals surface area contributed by atoms with Crippen molar-refractivity contribution in [2.24, 2.45) is 0 Å². The van der Waals surface area contributed by atoms with Gasteiger partial charge in [-0.05, 0) is 35.7 Å². The Hall–Kier alpha value is -2.69.